The third-order valence-electron chi connectivity index (χ3n) is 10.0. The fourth-order valence-corrected chi connectivity index (χ4v) is 6.43. The van der Waals surface area contributed by atoms with E-state index in [0.29, 0.717) is 6.42 Å². The molecule has 0 radical (unpaired) electrons. The van der Waals surface area contributed by atoms with Gasteiger partial charge in [0.05, 0.1) is 18.8 Å². The molecule has 2 unspecified atom stereocenters. The fraction of sp³-hybridized carbons (Fsp3) is 0.642. The molecule has 0 heterocycles. The van der Waals surface area contributed by atoms with Crippen LogP contribution >= 0.6 is 0 Å². The maximum absolute atomic E-state index is 12.4. The van der Waals surface area contributed by atoms with Gasteiger partial charge in [-0.3, -0.25) is 4.79 Å². The molecular formula is C53H89NO3. The smallest absolute Gasteiger partial charge is 0.220 e. The van der Waals surface area contributed by atoms with Crippen LogP contribution in [0.25, 0.3) is 0 Å². The van der Waals surface area contributed by atoms with Crippen molar-refractivity contribution in [2.75, 3.05) is 6.61 Å². The molecule has 4 heteroatoms. The monoisotopic (exact) mass is 788 g/mol. The lowest BCUT2D eigenvalue weighted by Crippen LogP contribution is -2.45. The zero-order valence-corrected chi connectivity index (χ0v) is 37.1. The van der Waals surface area contributed by atoms with Gasteiger partial charge in [-0.1, -0.05) is 220 Å². The van der Waals surface area contributed by atoms with Gasteiger partial charge in [0.1, 0.15) is 0 Å². The van der Waals surface area contributed by atoms with Crippen LogP contribution in [0, 0.1) is 0 Å². The van der Waals surface area contributed by atoms with Gasteiger partial charge in [0.15, 0.2) is 0 Å². The van der Waals surface area contributed by atoms with Gasteiger partial charge in [0, 0.05) is 6.42 Å². The molecule has 0 aliphatic heterocycles. The molecule has 0 saturated carbocycles. The normalized spacial score (nSPS) is 14.0. The predicted octanol–water partition coefficient (Wildman–Crippen LogP) is 15.2. The summed E-state index contributed by atoms with van der Waals surface area (Å²) in [5, 5.41) is 23.0. The van der Waals surface area contributed by atoms with Crippen molar-refractivity contribution >= 4 is 5.91 Å². The van der Waals surface area contributed by atoms with E-state index in [9.17, 15) is 15.0 Å². The number of rotatable bonds is 41. The van der Waals surface area contributed by atoms with Crippen LogP contribution in [0.15, 0.2) is 109 Å². The van der Waals surface area contributed by atoms with Gasteiger partial charge < -0.3 is 15.5 Å². The largest absolute Gasteiger partial charge is 0.394 e. The van der Waals surface area contributed by atoms with Crippen LogP contribution in [0.1, 0.15) is 200 Å². The number of unbranched alkanes of at least 4 members (excludes halogenated alkanes) is 18. The zero-order valence-electron chi connectivity index (χ0n) is 37.1. The van der Waals surface area contributed by atoms with Gasteiger partial charge in [-0.25, -0.2) is 0 Å². The molecule has 0 aliphatic carbocycles. The summed E-state index contributed by atoms with van der Waals surface area (Å²) in [6.07, 6.45) is 72.0. The minimum absolute atomic E-state index is 0.0843. The van der Waals surface area contributed by atoms with Gasteiger partial charge in [0.25, 0.3) is 0 Å². The Kier molecular flexibility index (Phi) is 45.0. The highest BCUT2D eigenvalue weighted by Crippen LogP contribution is 2.13. The SMILES string of the molecule is CC/C=C\C/C=C\C/C=C\C/C=C\C/C=C\C/C=C\C/C=C\C/C=C\CCCCCCCCC(=O)NC(CO)C(O)/C=C/CCCCCCCCCCCCCC. The van der Waals surface area contributed by atoms with Crippen LogP contribution in [0.4, 0.5) is 0 Å². The molecule has 0 saturated heterocycles. The highest BCUT2D eigenvalue weighted by molar-refractivity contribution is 5.76. The zero-order chi connectivity index (χ0) is 41.4. The summed E-state index contributed by atoms with van der Waals surface area (Å²) < 4.78 is 0. The molecule has 0 aliphatic rings. The lowest BCUT2D eigenvalue weighted by atomic mass is 10.0. The Labute approximate surface area is 353 Å². The van der Waals surface area contributed by atoms with E-state index in [4.69, 9.17) is 0 Å². The van der Waals surface area contributed by atoms with Crippen molar-refractivity contribution in [1.29, 1.82) is 0 Å². The van der Waals surface area contributed by atoms with E-state index in [0.717, 1.165) is 89.9 Å². The number of aliphatic hydroxyl groups is 2. The van der Waals surface area contributed by atoms with Crippen molar-refractivity contribution in [1.82, 2.24) is 5.32 Å². The number of aliphatic hydroxyl groups excluding tert-OH is 2. The van der Waals surface area contributed by atoms with E-state index in [1.54, 1.807) is 6.08 Å². The number of nitrogens with one attached hydrogen (secondary N) is 1. The van der Waals surface area contributed by atoms with Crippen molar-refractivity contribution in [2.24, 2.45) is 0 Å². The number of amides is 1. The summed E-state index contributed by atoms with van der Waals surface area (Å²) in [5.41, 5.74) is 0. The van der Waals surface area contributed by atoms with Crippen LogP contribution in [-0.4, -0.2) is 34.9 Å². The number of allylic oxidation sites excluding steroid dienone is 17. The second kappa shape index (κ2) is 47.4. The Morgan fingerprint density at radius 2 is 0.772 bits per heavy atom. The lowest BCUT2D eigenvalue weighted by molar-refractivity contribution is -0.123. The molecule has 3 N–H and O–H groups in total. The van der Waals surface area contributed by atoms with Crippen molar-refractivity contribution in [3.63, 3.8) is 0 Å². The highest BCUT2D eigenvalue weighted by atomic mass is 16.3. The molecule has 1 amide bonds. The molecule has 57 heavy (non-hydrogen) atoms. The van der Waals surface area contributed by atoms with Gasteiger partial charge in [-0.2, -0.15) is 0 Å². The van der Waals surface area contributed by atoms with Crippen molar-refractivity contribution in [3.05, 3.63) is 109 Å². The lowest BCUT2D eigenvalue weighted by Gasteiger charge is -2.20. The summed E-state index contributed by atoms with van der Waals surface area (Å²) >= 11 is 0. The molecule has 324 valence electrons. The van der Waals surface area contributed by atoms with E-state index in [1.807, 2.05) is 6.08 Å². The maximum Gasteiger partial charge on any atom is 0.220 e. The second-order valence-electron chi connectivity index (χ2n) is 15.4. The quantitative estimate of drug-likeness (QED) is 0.0427. The first-order chi connectivity index (χ1) is 28.2. The Hall–Kier alpha value is -2.95. The predicted molar refractivity (Wildman–Crippen MR) is 253 cm³/mol. The second-order valence-corrected chi connectivity index (χ2v) is 15.4. The first-order valence-electron chi connectivity index (χ1n) is 23.6. The molecule has 0 fully saturated rings. The van der Waals surface area contributed by atoms with Gasteiger partial charge in [0.2, 0.25) is 5.91 Å². The van der Waals surface area contributed by atoms with Crippen molar-refractivity contribution in [2.45, 2.75) is 212 Å². The molecule has 0 spiro atoms. The third-order valence-corrected chi connectivity index (χ3v) is 10.0. The van der Waals surface area contributed by atoms with E-state index in [-0.39, 0.29) is 12.5 Å². The third kappa shape index (κ3) is 44.0. The van der Waals surface area contributed by atoms with Crippen LogP contribution in [-0.2, 0) is 4.79 Å². The van der Waals surface area contributed by atoms with Crippen molar-refractivity contribution in [3.8, 4) is 0 Å². The molecule has 4 nitrogen and oxygen atoms in total. The van der Waals surface area contributed by atoms with E-state index in [1.165, 1.54) is 89.9 Å². The fourth-order valence-electron chi connectivity index (χ4n) is 6.43. The first kappa shape index (κ1) is 54.0. The van der Waals surface area contributed by atoms with E-state index >= 15 is 0 Å². The standard InChI is InChI=1S/C53H89NO3/c1-3-5-7-9-11-13-15-17-19-20-21-22-23-24-25-26-27-28-29-30-31-32-33-34-35-37-39-41-43-45-47-49-53(57)54-51(50-55)52(56)48-46-44-42-40-38-36-18-16-14-12-10-8-6-4-2/h5,7,11,13,17,19,21-22,24-25,27-28,30-31,33-34,46,48,51-52,55-56H,3-4,6,8-10,12,14-16,18,20,23,26,29,32,35-45,47,49-50H2,1-2H3,(H,54,57)/b7-5-,13-11-,19-17-,22-21-,25-24-,28-27-,31-30-,34-33-,48-46+. The van der Waals surface area contributed by atoms with E-state index < -0.39 is 12.1 Å². The topological polar surface area (TPSA) is 69.6 Å². The van der Waals surface area contributed by atoms with Crippen LogP contribution in [0.3, 0.4) is 0 Å². The molecule has 0 aromatic rings. The van der Waals surface area contributed by atoms with Gasteiger partial charge >= 0.3 is 0 Å². The highest BCUT2D eigenvalue weighted by Gasteiger charge is 2.17. The maximum atomic E-state index is 12.4. The average Bonchev–Trinajstić information content (AvgIpc) is 3.22. The van der Waals surface area contributed by atoms with Gasteiger partial charge in [-0.05, 0) is 83.5 Å². The van der Waals surface area contributed by atoms with Crippen molar-refractivity contribution < 1.29 is 15.0 Å². The summed E-state index contributed by atoms with van der Waals surface area (Å²) in [6, 6.07) is -0.637. The Morgan fingerprint density at radius 1 is 0.439 bits per heavy atom. The number of carbonyl (C=O) groups is 1. The Balaban J connectivity index is 3.68. The molecule has 0 aromatic carbocycles. The summed E-state index contributed by atoms with van der Waals surface area (Å²) in [7, 11) is 0. The summed E-state index contributed by atoms with van der Waals surface area (Å²) in [5.74, 6) is -0.0843. The minimum Gasteiger partial charge on any atom is -0.394 e. The summed E-state index contributed by atoms with van der Waals surface area (Å²) in [6.45, 7) is 4.17. The summed E-state index contributed by atoms with van der Waals surface area (Å²) in [4.78, 5) is 12.4. The Morgan fingerprint density at radius 3 is 1.16 bits per heavy atom. The number of hydrogen-bond donors (Lipinski definition) is 3. The molecular weight excluding hydrogens is 699 g/mol. The number of hydrogen-bond acceptors (Lipinski definition) is 3. The minimum atomic E-state index is -0.852. The molecule has 0 aromatic heterocycles. The first-order valence-corrected chi connectivity index (χ1v) is 23.6. The molecule has 0 rings (SSSR count). The van der Waals surface area contributed by atoms with Crippen LogP contribution in [0.5, 0.6) is 0 Å². The van der Waals surface area contributed by atoms with Crippen LogP contribution in [0.2, 0.25) is 0 Å². The molecule has 0 bridgehead atoms. The van der Waals surface area contributed by atoms with E-state index in [2.05, 4.69) is 116 Å². The van der Waals surface area contributed by atoms with Gasteiger partial charge in [-0.15, -0.1) is 0 Å². The van der Waals surface area contributed by atoms with Crippen LogP contribution < -0.4 is 5.32 Å². The Bertz CT molecular complexity index is 1120. The number of carbonyl (C=O) groups excluding carboxylic acids is 1. The molecule has 2 atom stereocenters. The average molecular weight is 788 g/mol.